The van der Waals surface area contributed by atoms with E-state index in [0.717, 1.165) is 47.1 Å². The van der Waals surface area contributed by atoms with E-state index in [1.54, 1.807) is 24.5 Å². The monoisotopic (exact) mass is 713 g/mol. The van der Waals surface area contributed by atoms with Gasteiger partial charge in [-0.25, -0.2) is 13.2 Å². The Balaban J connectivity index is 1.46. The van der Waals surface area contributed by atoms with E-state index in [4.69, 9.17) is 32.7 Å². The van der Waals surface area contributed by atoms with Gasteiger partial charge in [0, 0.05) is 24.4 Å². The number of aromatic nitrogens is 2. The molecule has 0 bridgehead atoms. The molecule has 0 saturated heterocycles. The fourth-order valence-corrected chi connectivity index (χ4v) is 7.12. The van der Waals surface area contributed by atoms with Crippen LogP contribution in [-0.2, 0) is 27.7 Å². The van der Waals surface area contributed by atoms with E-state index in [1.165, 1.54) is 30.3 Å². The molecule has 10 nitrogen and oxygen atoms in total. The normalized spacial score (nSPS) is 13.8. The van der Waals surface area contributed by atoms with Crippen molar-refractivity contribution in [2.45, 2.75) is 38.5 Å². The number of ether oxygens (including phenoxy) is 3. The molecule has 5 rings (SSSR count). The summed E-state index contributed by atoms with van der Waals surface area (Å²) in [5.74, 6) is -0.655. The zero-order chi connectivity index (χ0) is 33.0. The third kappa shape index (κ3) is 8.75. The Morgan fingerprint density at radius 3 is 2.52 bits per heavy atom. The molecule has 1 fully saturated rings. The summed E-state index contributed by atoms with van der Waals surface area (Å²) >= 11 is 13.6. The van der Waals surface area contributed by atoms with Crippen molar-refractivity contribution in [1.82, 2.24) is 4.98 Å². The molecule has 1 aliphatic rings. The zero-order valence-corrected chi connectivity index (χ0v) is 27.3. The van der Waals surface area contributed by atoms with Gasteiger partial charge in [-0.3, -0.25) is 9.29 Å². The molecule has 0 radical (unpaired) electrons. The van der Waals surface area contributed by atoms with E-state index in [9.17, 15) is 27.2 Å². The largest absolute Gasteiger partial charge is 0.619 e. The predicted octanol–water partition coefficient (Wildman–Crippen LogP) is 6.58. The van der Waals surface area contributed by atoms with E-state index in [1.807, 2.05) is 0 Å². The fourth-order valence-electron chi connectivity index (χ4n) is 4.44. The summed E-state index contributed by atoms with van der Waals surface area (Å²) < 4.78 is 69.6. The first kappa shape index (κ1) is 33.6. The highest BCUT2D eigenvalue weighted by Gasteiger charge is 2.28. The van der Waals surface area contributed by atoms with Crippen molar-refractivity contribution in [2.24, 2.45) is 5.92 Å². The highest BCUT2D eigenvalue weighted by Crippen LogP contribution is 2.39. The number of carbonyl (C=O) groups excluding carboxylic acids is 1. The van der Waals surface area contributed by atoms with Crippen LogP contribution in [0.2, 0.25) is 10.0 Å². The molecule has 1 saturated carbocycles. The topological polar surface area (TPSA) is 122 Å². The third-order valence-corrected chi connectivity index (χ3v) is 9.89. The number of hydrogen-bond acceptors (Lipinski definition) is 9. The highest BCUT2D eigenvalue weighted by atomic mass is 35.5. The van der Waals surface area contributed by atoms with Gasteiger partial charge in [0.1, 0.15) is 26.0 Å². The smallest absolute Gasteiger partial charge is 0.387 e. The molecule has 0 unspecified atom stereocenters. The molecule has 0 spiro atoms. The predicted molar refractivity (Wildman–Crippen MR) is 168 cm³/mol. The Morgan fingerprint density at radius 1 is 1.15 bits per heavy atom. The molecule has 244 valence electrons. The van der Waals surface area contributed by atoms with E-state index in [2.05, 4.69) is 9.72 Å². The van der Waals surface area contributed by atoms with Crippen molar-refractivity contribution in [1.29, 1.82) is 0 Å². The summed E-state index contributed by atoms with van der Waals surface area (Å²) in [6.45, 7) is -2.81. The summed E-state index contributed by atoms with van der Waals surface area (Å²) in [6, 6.07) is 10.5. The van der Waals surface area contributed by atoms with Crippen LogP contribution in [-0.4, -0.2) is 38.8 Å². The van der Waals surface area contributed by atoms with Gasteiger partial charge in [0.15, 0.2) is 23.9 Å². The molecule has 0 N–H and O–H groups in total. The standard InChI is InChI=1S/C30H27Cl2F2N3O7S2/c1-46(40,41)37(14-19-3-2-10-35-13-19)28-9-8-27(45-28)29(38)43-25(12-21-22(31)15-36(39)16-23(21)32)20-6-7-24(44-30(33)34)26(11-20)42-17-18-4-5-18/h2-3,6-11,13,15-16,18,25,30H,4-5,12,14,17H2,1H3/t25-/m0/s1. The summed E-state index contributed by atoms with van der Waals surface area (Å²) in [4.78, 5) is 17.7. The molecule has 0 amide bonds. The van der Waals surface area contributed by atoms with Gasteiger partial charge in [0.25, 0.3) is 0 Å². The first-order valence-corrected chi connectivity index (χ1v) is 17.2. The molecule has 1 aromatic carbocycles. The van der Waals surface area contributed by atoms with Crippen molar-refractivity contribution in [3.05, 3.63) is 104 Å². The van der Waals surface area contributed by atoms with Gasteiger partial charge in [-0.15, -0.1) is 11.3 Å². The van der Waals surface area contributed by atoms with Crippen molar-refractivity contribution >= 4 is 55.5 Å². The maximum absolute atomic E-state index is 13.5. The number of halogens is 4. The van der Waals surface area contributed by atoms with Crippen LogP contribution in [0.15, 0.2) is 67.3 Å². The zero-order valence-electron chi connectivity index (χ0n) is 24.1. The minimum atomic E-state index is -3.75. The third-order valence-electron chi connectivity index (χ3n) is 6.91. The molecular formula is C30H27Cl2F2N3O7S2. The van der Waals surface area contributed by atoms with E-state index >= 15 is 0 Å². The fraction of sp³-hybridized carbons (Fsp3) is 0.300. The first-order valence-electron chi connectivity index (χ1n) is 13.8. The molecule has 3 heterocycles. The van der Waals surface area contributed by atoms with E-state index in [0.29, 0.717) is 33.9 Å². The lowest BCUT2D eigenvalue weighted by Gasteiger charge is -2.21. The van der Waals surface area contributed by atoms with Crippen LogP contribution in [0.3, 0.4) is 0 Å². The number of pyridine rings is 2. The Bertz CT molecular complexity index is 1790. The van der Waals surface area contributed by atoms with E-state index < -0.39 is 28.7 Å². The Morgan fingerprint density at radius 2 is 1.89 bits per heavy atom. The Kier molecular flexibility index (Phi) is 10.5. The van der Waals surface area contributed by atoms with Crippen molar-refractivity contribution in [3.63, 3.8) is 0 Å². The summed E-state index contributed by atoms with van der Waals surface area (Å²) in [6.07, 6.45) is 7.07. The number of benzene rings is 1. The number of carbonyl (C=O) groups is 1. The molecule has 46 heavy (non-hydrogen) atoms. The second-order valence-electron chi connectivity index (χ2n) is 10.5. The lowest BCUT2D eigenvalue weighted by Crippen LogP contribution is -2.28. The van der Waals surface area contributed by atoms with Gasteiger partial charge in [-0.2, -0.15) is 13.5 Å². The second-order valence-corrected chi connectivity index (χ2v) is 14.3. The van der Waals surface area contributed by atoms with Gasteiger partial charge in [-0.05, 0) is 60.2 Å². The molecule has 16 heteroatoms. The van der Waals surface area contributed by atoms with Gasteiger partial charge >= 0.3 is 12.6 Å². The Hall–Kier alpha value is -3.72. The molecule has 0 aliphatic heterocycles. The molecule has 4 aromatic rings. The van der Waals surface area contributed by atoms with Crippen LogP contribution in [0.25, 0.3) is 0 Å². The van der Waals surface area contributed by atoms with Crippen LogP contribution in [0.1, 0.15) is 45.3 Å². The number of hydrogen-bond donors (Lipinski definition) is 0. The molecule has 3 aromatic heterocycles. The molecular weight excluding hydrogens is 687 g/mol. The van der Waals surface area contributed by atoms with Crippen LogP contribution in [0.4, 0.5) is 13.8 Å². The van der Waals surface area contributed by atoms with Gasteiger partial charge < -0.3 is 19.4 Å². The maximum Gasteiger partial charge on any atom is 0.387 e. The number of alkyl halides is 2. The average molecular weight is 715 g/mol. The minimum absolute atomic E-state index is 0.00824. The van der Waals surface area contributed by atoms with Crippen molar-refractivity contribution < 1.29 is 40.9 Å². The number of esters is 1. The van der Waals surface area contributed by atoms with Gasteiger partial charge in [-0.1, -0.05) is 35.3 Å². The summed E-state index contributed by atoms with van der Waals surface area (Å²) in [7, 11) is -3.75. The first-order chi connectivity index (χ1) is 21.9. The van der Waals surface area contributed by atoms with Gasteiger partial charge in [0.05, 0.1) is 19.4 Å². The number of anilines is 1. The minimum Gasteiger partial charge on any atom is -0.619 e. The number of nitrogens with zero attached hydrogens (tertiary/aromatic N) is 3. The van der Waals surface area contributed by atoms with Gasteiger partial charge in [0.2, 0.25) is 10.0 Å². The van der Waals surface area contributed by atoms with Crippen LogP contribution in [0, 0.1) is 11.1 Å². The van der Waals surface area contributed by atoms with Crippen molar-refractivity contribution in [3.8, 4) is 11.5 Å². The highest BCUT2D eigenvalue weighted by molar-refractivity contribution is 7.92. The summed E-state index contributed by atoms with van der Waals surface area (Å²) in [5, 5.41) is 12.2. The Labute approximate surface area is 277 Å². The molecule has 1 aliphatic carbocycles. The van der Waals surface area contributed by atoms with E-state index in [-0.39, 0.29) is 44.4 Å². The maximum atomic E-state index is 13.5. The lowest BCUT2D eigenvalue weighted by molar-refractivity contribution is -0.605. The number of thiophene rings is 1. The van der Waals surface area contributed by atoms with Crippen molar-refractivity contribution in [2.75, 3.05) is 17.2 Å². The van der Waals surface area contributed by atoms with Crippen LogP contribution >= 0.6 is 34.5 Å². The second kappa shape index (κ2) is 14.4. The average Bonchev–Trinajstić information content (AvgIpc) is 3.69. The van der Waals surface area contributed by atoms with Crippen LogP contribution < -0.4 is 18.5 Å². The summed E-state index contributed by atoms with van der Waals surface area (Å²) in [5.41, 5.74) is 1.28. The lowest BCUT2D eigenvalue weighted by atomic mass is 10.0. The number of sulfonamides is 1. The molecule has 1 atom stereocenters. The quantitative estimate of drug-likeness (QED) is 0.0816. The number of rotatable bonds is 14. The van der Waals surface area contributed by atoms with Crippen LogP contribution in [0.5, 0.6) is 11.5 Å². The SMILES string of the molecule is CS(=O)(=O)N(Cc1cccnc1)c1ccc(C(=O)O[C@@H](Cc2c(Cl)c[n+]([O-])cc2Cl)c2ccc(OC(F)F)c(OCC3CC3)c2)s1.